The normalized spacial score (nSPS) is 11.7. The minimum Gasteiger partial charge on any atom is -0.457 e. The number of nitrogens with zero attached hydrogens (tertiary/aromatic N) is 1. The fraction of sp³-hybridized carbons (Fsp3) is 0.217. The standard InChI is InChI=1S/C23H25N3O3/c1-3-20(24-2)22(27)25-21-13-8-14-26(23(21)28)16-17-9-7-12-19(15-17)29-18-10-5-4-6-11-18/h4-15,20,24H,3,16H2,1-2H3,(H,25,27). The van der Waals surface area contributed by atoms with Gasteiger partial charge < -0.3 is 19.9 Å². The summed E-state index contributed by atoms with van der Waals surface area (Å²) in [5.74, 6) is 1.23. The second kappa shape index (κ2) is 9.71. The van der Waals surface area contributed by atoms with Crippen LogP contribution in [0.2, 0.25) is 0 Å². The first kappa shape index (κ1) is 20.4. The number of carbonyl (C=O) groups is 1. The molecule has 6 nitrogen and oxygen atoms in total. The third-order valence-electron chi connectivity index (χ3n) is 4.58. The van der Waals surface area contributed by atoms with Crippen molar-refractivity contribution in [3.8, 4) is 11.5 Å². The Morgan fingerprint density at radius 1 is 1.03 bits per heavy atom. The van der Waals surface area contributed by atoms with Gasteiger partial charge in [0.1, 0.15) is 17.2 Å². The molecule has 3 aromatic rings. The molecule has 2 aromatic carbocycles. The molecule has 0 aliphatic carbocycles. The second-order valence-electron chi connectivity index (χ2n) is 6.66. The van der Waals surface area contributed by atoms with Crippen LogP contribution < -0.4 is 20.9 Å². The van der Waals surface area contributed by atoms with Crippen LogP contribution in [0.5, 0.6) is 11.5 Å². The van der Waals surface area contributed by atoms with Crippen LogP contribution in [0.25, 0.3) is 0 Å². The van der Waals surface area contributed by atoms with E-state index < -0.39 is 0 Å². The van der Waals surface area contributed by atoms with Gasteiger partial charge >= 0.3 is 0 Å². The number of para-hydroxylation sites is 1. The maximum atomic E-state index is 12.8. The number of aromatic nitrogens is 1. The number of hydrogen-bond acceptors (Lipinski definition) is 4. The van der Waals surface area contributed by atoms with Crippen molar-refractivity contribution >= 4 is 11.6 Å². The lowest BCUT2D eigenvalue weighted by Crippen LogP contribution is -2.39. The molecule has 1 amide bonds. The summed E-state index contributed by atoms with van der Waals surface area (Å²) < 4.78 is 7.43. The van der Waals surface area contributed by atoms with Gasteiger partial charge in [0.2, 0.25) is 5.91 Å². The molecule has 0 saturated carbocycles. The molecule has 150 valence electrons. The number of likely N-dealkylation sites (N-methyl/N-ethyl adjacent to an activating group) is 1. The van der Waals surface area contributed by atoms with Gasteiger partial charge in [-0.15, -0.1) is 0 Å². The van der Waals surface area contributed by atoms with Crippen LogP contribution in [-0.2, 0) is 11.3 Å². The monoisotopic (exact) mass is 391 g/mol. The van der Waals surface area contributed by atoms with Gasteiger partial charge in [-0.2, -0.15) is 0 Å². The van der Waals surface area contributed by atoms with Gasteiger partial charge in [0.05, 0.1) is 12.6 Å². The number of benzene rings is 2. The molecular formula is C23H25N3O3. The summed E-state index contributed by atoms with van der Waals surface area (Å²) in [4.78, 5) is 25.1. The number of anilines is 1. The highest BCUT2D eigenvalue weighted by molar-refractivity contribution is 5.94. The predicted molar refractivity (Wildman–Crippen MR) is 115 cm³/mol. The van der Waals surface area contributed by atoms with E-state index >= 15 is 0 Å². The highest BCUT2D eigenvalue weighted by atomic mass is 16.5. The predicted octanol–water partition coefficient (Wildman–Crippen LogP) is 3.63. The summed E-state index contributed by atoms with van der Waals surface area (Å²) in [5, 5.41) is 5.66. The molecule has 29 heavy (non-hydrogen) atoms. The summed E-state index contributed by atoms with van der Waals surface area (Å²) in [6, 6.07) is 20.2. The lowest BCUT2D eigenvalue weighted by Gasteiger charge is -2.14. The van der Waals surface area contributed by atoms with E-state index in [4.69, 9.17) is 4.74 Å². The number of nitrogens with one attached hydrogen (secondary N) is 2. The van der Waals surface area contributed by atoms with Crippen molar-refractivity contribution in [1.82, 2.24) is 9.88 Å². The number of hydrogen-bond donors (Lipinski definition) is 2. The molecule has 6 heteroatoms. The average Bonchev–Trinajstić information content (AvgIpc) is 2.73. The van der Waals surface area contributed by atoms with E-state index in [0.717, 1.165) is 11.3 Å². The Bertz CT molecular complexity index is 1010. The minimum absolute atomic E-state index is 0.219. The van der Waals surface area contributed by atoms with Crippen LogP contribution in [0.3, 0.4) is 0 Å². The SMILES string of the molecule is CCC(NC)C(=O)Nc1cccn(Cc2cccc(Oc3ccccc3)c2)c1=O. The smallest absolute Gasteiger partial charge is 0.274 e. The van der Waals surface area contributed by atoms with Crippen molar-refractivity contribution in [1.29, 1.82) is 0 Å². The Kier molecular flexibility index (Phi) is 6.81. The molecular weight excluding hydrogens is 366 g/mol. The topological polar surface area (TPSA) is 72.4 Å². The van der Waals surface area contributed by atoms with Crippen LogP contribution in [0.4, 0.5) is 5.69 Å². The van der Waals surface area contributed by atoms with Gasteiger partial charge in [0.15, 0.2) is 0 Å². The van der Waals surface area contributed by atoms with E-state index in [-0.39, 0.29) is 23.2 Å². The Morgan fingerprint density at radius 2 is 1.79 bits per heavy atom. The zero-order valence-electron chi connectivity index (χ0n) is 16.6. The van der Waals surface area contributed by atoms with E-state index in [2.05, 4.69) is 10.6 Å². The van der Waals surface area contributed by atoms with Crippen molar-refractivity contribution in [2.45, 2.75) is 25.9 Å². The number of carbonyl (C=O) groups excluding carboxylic acids is 1. The van der Waals surface area contributed by atoms with E-state index in [0.29, 0.717) is 18.7 Å². The maximum absolute atomic E-state index is 12.8. The van der Waals surface area contributed by atoms with E-state index in [1.54, 1.807) is 29.9 Å². The molecule has 0 fully saturated rings. The average molecular weight is 391 g/mol. The molecule has 0 saturated heterocycles. The largest absolute Gasteiger partial charge is 0.457 e. The zero-order chi connectivity index (χ0) is 20.6. The molecule has 0 aliphatic heterocycles. The lowest BCUT2D eigenvalue weighted by atomic mass is 10.2. The number of pyridine rings is 1. The van der Waals surface area contributed by atoms with Crippen molar-refractivity contribution < 1.29 is 9.53 Å². The third-order valence-corrected chi connectivity index (χ3v) is 4.58. The summed E-state index contributed by atoms with van der Waals surface area (Å²) >= 11 is 0. The molecule has 0 spiro atoms. The quantitative estimate of drug-likeness (QED) is 0.615. The van der Waals surface area contributed by atoms with Crippen molar-refractivity contribution in [2.24, 2.45) is 0 Å². The van der Waals surface area contributed by atoms with Gasteiger partial charge in [-0.1, -0.05) is 37.3 Å². The van der Waals surface area contributed by atoms with Crippen molar-refractivity contribution in [2.75, 3.05) is 12.4 Å². The van der Waals surface area contributed by atoms with Gasteiger partial charge in [-0.3, -0.25) is 9.59 Å². The lowest BCUT2D eigenvalue weighted by molar-refractivity contribution is -0.118. The Morgan fingerprint density at radius 3 is 2.52 bits per heavy atom. The molecule has 1 atom stereocenters. The van der Waals surface area contributed by atoms with Gasteiger partial charge in [0, 0.05) is 6.20 Å². The van der Waals surface area contributed by atoms with E-state index in [1.807, 2.05) is 61.5 Å². The fourth-order valence-electron chi connectivity index (χ4n) is 3.03. The molecule has 3 rings (SSSR count). The Balaban J connectivity index is 1.76. The summed E-state index contributed by atoms with van der Waals surface area (Å²) in [6.45, 7) is 2.28. The summed E-state index contributed by atoms with van der Waals surface area (Å²) in [7, 11) is 1.72. The fourth-order valence-corrected chi connectivity index (χ4v) is 3.03. The first-order valence-electron chi connectivity index (χ1n) is 9.60. The second-order valence-corrected chi connectivity index (χ2v) is 6.66. The molecule has 0 aliphatic rings. The zero-order valence-corrected chi connectivity index (χ0v) is 16.6. The van der Waals surface area contributed by atoms with E-state index in [1.165, 1.54) is 0 Å². The maximum Gasteiger partial charge on any atom is 0.274 e. The molecule has 0 radical (unpaired) electrons. The highest BCUT2D eigenvalue weighted by Crippen LogP contribution is 2.22. The van der Waals surface area contributed by atoms with Crippen LogP contribution in [0.1, 0.15) is 18.9 Å². The first-order chi connectivity index (χ1) is 14.1. The van der Waals surface area contributed by atoms with Crippen LogP contribution in [0, 0.1) is 0 Å². The van der Waals surface area contributed by atoms with Crippen molar-refractivity contribution in [3.63, 3.8) is 0 Å². The minimum atomic E-state index is -0.338. The Hall–Kier alpha value is -3.38. The number of ether oxygens (including phenoxy) is 1. The number of rotatable bonds is 8. The summed E-state index contributed by atoms with van der Waals surface area (Å²) in [5.41, 5.74) is 0.940. The van der Waals surface area contributed by atoms with Crippen LogP contribution in [0.15, 0.2) is 77.7 Å². The van der Waals surface area contributed by atoms with Gasteiger partial charge in [-0.05, 0) is 55.4 Å². The third kappa shape index (κ3) is 5.33. The molecule has 1 heterocycles. The molecule has 1 aromatic heterocycles. The number of amides is 1. The van der Waals surface area contributed by atoms with Crippen LogP contribution in [-0.4, -0.2) is 23.6 Å². The molecule has 1 unspecified atom stereocenters. The Labute approximate surface area is 170 Å². The first-order valence-corrected chi connectivity index (χ1v) is 9.60. The van der Waals surface area contributed by atoms with Crippen LogP contribution >= 0.6 is 0 Å². The van der Waals surface area contributed by atoms with Crippen molar-refractivity contribution in [3.05, 3.63) is 88.8 Å². The van der Waals surface area contributed by atoms with E-state index in [9.17, 15) is 9.59 Å². The molecule has 2 N–H and O–H groups in total. The summed E-state index contributed by atoms with van der Waals surface area (Å²) in [6.07, 6.45) is 2.34. The van der Waals surface area contributed by atoms with Gasteiger partial charge in [-0.25, -0.2) is 0 Å². The highest BCUT2D eigenvalue weighted by Gasteiger charge is 2.15. The molecule has 0 bridgehead atoms. The van der Waals surface area contributed by atoms with Gasteiger partial charge in [0.25, 0.3) is 5.56 Å².